The van der Waals surface area contributed by atoms with E-state index in [0.717, 1.165) is 69.6 Å². The van der Waals surface area contributed by atoms with Crippen LogP contribution >= 0.6 is 0 Å². The summed E-state index contributed by atoms with van der Waals surface area (Å²) in [7, 11) is 0. The number of hydrogen-bond donors (Lipinski definition) is 2. The fourth-order valence-electron chi connectivity index (χ4n) is 8.01. The number of aliphatic hydroxyl groups excluding tert-OH is 1. The quantitative estimate of drug-likeness (QED) is 0.558. The summed E-state index contributed by atoms with van der Waals surface area (Å²) >= 11 is 0. The highest BCUT2D eigenvalue weighted by Gasteiger charge is 2.66. The highest BCUT2D eigenvalue weighted by Crippen LogP contribution is 2.69. The Balaban J connectivity index is 1.64. The molecule has 0 aromatic rings. The third-order valence-electron chi connectivity index (χ3n) is 9.87. The molecular weight excluding hydrogens is 336 g/mol. The smallest absolute Gasteiger partial charge is 0.145 e. The second-order valence-corrected chi connectivity index (χ2v) is 10.7. The van der Waals surface area contributed by atoms with E-state index in [9.17, 15) is 15.0 Å². The summed E-state index contributed by atoms with van der Waals surface area (Å²) in [6.45, 7) is 6.80. The zero-order chi connectivity index (χ0) is 19.4. The molecule has 0 saturated heterocycles. The van der Waals surface area contributed by atoms with Crippen LogP contribution < -0.4 is 0 Å². The molecule has 3 nitrogen and oxygen atoms in total. The number of allylic oxidation sites excluding steroid dienone is 2. The van der Waals surface area contributed by atoms with E-state index in [1.54, 1.807) is 0 Å². The number of rotatable bonds is 3. The highest BCUT2D eigenvalue weighted by molar-refractivity contribution is 5.73. The monoisotopic (exact) mass is 374 g/mol. The van der Waals surface area contributed by atoms with Crippen LogP contribution in [0.15, 0.2) is 11.6 Å². The molecule has 152 valence electrons. The molecule has 4 rings (SSSR count). The zero-order valence-corrected chi connectivity index (χ0v) is 17.4. The molecule has 0 aliphatic heterocycles. The highest BCUT2D eigenvalue weighted by atomic mass is 16.3. The third-order valence-corrected chi connectivity index (χ3v) is 9.87. The number of hydrogen-bond acceptors (Lipinski definition) is 3. The van der Waals surface area contributed by atoms with Crippen molar-refractivity contribution in [3.05, 3.63) is 11.6 Å². The van der Waals surface area contributed by atoms with Gasteiger partial charge in [-0.25, -0.2) is 0 Å². The summed E-state index contributed by atoms with van der Waals surface area (Å²) in [5.41, 5.74) is 0.479. The molecule has 0 amide bonds. The maximum Gasteiger partial charge on any atom is 0.145 e. The van der Waals surface area contributed by atoms with Gasteiger partial charge < -0.3 is 10.2 Å². The fraction of sp³-hybridized carbons (Fsp3) is 0.875. The number of carbonyl (C=O) groups is 1. The molecule has 3 heteroatoms. The molecule has 0 heterocycles. The average molecular weight is 375 g/mol. The first-order valence-corrected chi connectivity index (χ1v) is 11.3. The molecule has 4 fully saturated rings. The Hall–Kier alpha value is -0.670. The molecule has 4 saturated carbocycles. The first-order chi connectivity index (χ1) is 12.8. The minimum absolute atomic E-state index is 0.102. The molecule has 2 unspecified atom stereocenters. The first-order valence-electron chi connectivity index (χ1n) is 11.3. The van der Waals surface area contributed by atoms with Crippen molar-refractivity contribution in [1.29, 1.82) is 0 Å². The second kappa shape index (κ2) is 6.69. The number of fused-ring (bicyclic) bond motifs is 5. The van der Waals surface area contributed by atoms with Crippen LogP contribution in [0, 0.1) is 34.5 Å². The van der Waals surface area contributed by atoms with Gasteiger partial charge in [0.25, 0.3) is 0 Å². The molecule has 27 heavy (non-hydrogen) atoms. The predicted octanol–water partition coefficient (Wildman–Crippen LogP) is 4.66. The van der Waals surface area contributed by atoms with Crippen molar-refractivity contribution >= 4 is 6.29 Å². The van der Waals surface area contributed by atoms with E-state index >= 15 is 0 Å². The molecule has 2 N–H and O–H groups in total. The van der Waals surface area contributed by atoms with Gasteiger partial charge in [0.1, 0.15) is 6.29 Å². The Morgan fingerprint density at radius 3 is 2.52 bits per heavy atom. The van der Waals surface area contributed by atoms with Crippen molar-refractivity contribution in [2.75, 3.05) is 0 Å². The maximum atomic E-state index is 12.1. The molecule has 0 aromatic heterocycles. The van der Waals surface area contributed by atoms with E-state index in [1.165, 1.54) is 6.42 Å². The second-order valence-electron chi connectivity index (χ2n) is 10.7. The standard InChI is InChI=1S/C24H38O3/c1-4-16(15-25)13-18-7-12-24(27)21-6-5-17-14-19(26)8-10-22(17,2)20(21)9-11-23(18,24)3/h13,15,17-21,26-27H,4-12,14H2,1-3H3/b16-13+/t17?,18-,19?,20+,21-,22+,23-,24-/m1/s1. The van der Waals surface area contributed by atoms with Gasteiger partial charge in [-0.15, -0.1) is 0 Å². The van der Waals surface area contributed by atoms with E-state index in [-0.39, 0.29) is 16.9 Å². The largest absolute Gasteiger partial charge is 0.393 e. The van der Waals surface area contributed by atoms with E-state index in [4.69, 9.17) is 0 Å². The normalized spacial score (nSPS) is 52.6. The van der Waals surface area contributed by atoms with E-state index < -0.39 is 5.60 Å². The van der Waals surface area contributed by atoms with Crippen LogP contribution in [0.25, 0.3) is 0 Å². The van der Waals surface area contributed by atoms with E-state index in [1.807, 2.05) is 6.92 Å². The van der Waals surface area contributed by atoms with Crippen molar-refractivity contribution in [3.8, 4) is 0 Å². The fourth-order valence-corrected chi connectivity index (χ4v) is 8.01. The molecule has 0 bridgehead atoms. The number of aldehydes is 1. The number of aliphatic hydroxyl groups is 2. The van der Waals surface area contributed by atoms with Gasteiger partial charge in [0.2, 0.25) is 0 Å². The van der Waals surface area contributed by atoms with Crippen molar-refractivity contribution in [2.24, 2.45) is 34.5 Å². The minimum atomic E-state index is -0.594. The summed E-state index contributed by atoms with van der Waals surface area (Å²) in [6, 6.07) is 0. The summed E-state index contributed by atoms with van der Waals surface area (Å²) in [5, 5.41) is 22.3. The summed E-state index contributed by atoms with van der Waals surface area (Å²) in [5.74, 6) is 1.91. The van der Waals surface area contributed by atoms with Gasteiger partial charge in [0.15, 0.2) is 0 Å². The lowest BCUT2D eigenvalue weighted by Crippen LogP contribution is -2.62. The lowest BCUT2D eigenvalue weighted by molar-refractivity contribution is -0.207. The van der Waals surface area contributed by atoms with Gasteiger partial charge >= 0.3 is 0 Å². The molecule has 8 atom stereocenters. The molecule has 0 radical (unpaired) electrons. The molecule has 0 spiro atoms. The topological polar surface area (TPSA) is 57.5 Å². The van der Waals surface area contributed by atoms with Crippen molar-refractivity contribution in [2.45, 2.75) is 96.7 Å². The Morgan fingerprint density at radius 2 is 1.81 bits per heavy atom. The van der Waals surface area contributed by atoms with E-state index in [2.05, 4.69) is 19.9 Å². The van der Waals surface area contributed by atoms with Gasteiger partial charge in [-0.3, -0.25) is 4.79 Å². The lowest BCUT2D eigenvalue weighted by Gasteiger charge is -2.63. The predicted molar refractivity (Wildman–Crippen MR) is 107 cm³/mol. The molecule has 0 aromatic carbocycles. The van der Waals surface area contributed by atoms with Crippen LogP contribution in [0.2, 0.25) is 0 Å². The van der Waals surface area contributed by atoms with Crippen LogP contribution in [0.5, 0.6) is 0 Å². The molecule has 4 aliphatic carbocycles. The van der Waals surface area contributed by atoms with Crippen LogP contribution in [0.4, 0.5) is 0 Å². The Labute approximate surface area is 164 Å². The summed E-state index contributed by atoms with van der Waals surface area (Å²) in [6.07, 6.45) is 13.3. The van der Waals surface area contributed by atoms with Crippen LogP contribution in [0.3, 0.4) is 0 Å². The Kier molecular flexibility index (Phi) is 4.87. The van der Waals surface area contributed by atoms with Gasteiger partial charge in [0.05, 0.1) is 11.7 Å². The SMILES string of the molecule is CC/C(C=O)=C\[C@H]1CC[C@@]2(O)[C@@H]3CCC4CC(O)CC[C@]4(C)[C@H]3CC[C@]12C. The van der Waals surface area contributed by atoms with Crippen molar-refractivity contribution < 1.29 is 15.0 Å². The summed E-state index contributed by atoms with van der Waals surface area (Å²) < 4.78 is 0. The zero-order valence-electron chi connectivity index (χ0n) is 17.4. The molecule has 4 aliphatic rings. The van der Waals surface area contributed by atoms with Crippen molar-refractivity contribution in [1.82, 2.24) is 0 Å². The Bertz CT molecular complexity index is 627. The van der Waals surface area contributed by atoms with Crippen LogP contribution in [0.1, 0.15) is 85.0 Å². The minimum Gasteiger partial charge on any atom is -0.393 e. The maximum absolute atomic E-state index is 12.1. The Morgan fingerprint density at radius 1 is 1.04 bits per heavy atom. The van der Waals surface area contributed by atoms with E-state index in [0.29, 0.717) is 23.7 Å². The van der Waals surface area contributed by atoms with Gasteiger partial charge in [-0.2, -0.15) is 0 Å². The van der Waals surface area contributed by atoms with Crippen molar-refractivity contribution in [3.63, 3.8) is 0 Å². The summed E-state index contributed by atoms with van der Waals surface area (Å²) in [4.78, 5) is 11.4. The molecular formula is C24H38O3. The van der Waals surface area contributed by atoms with Gasteiger partial charge in [-0.05, 0) is 98.9 Å². The van der Waals surface area contributed by atoms with Gasteiger partial charge in [-0.1, -0.05) is 26.8 Å². The average Bonchev–Trinajstić information content (AvgIpc) is 2.91. The van der Waals surface area contributed by atoms with Crippen LogP contribution in [-0.4, -0.2) is 28.2 Å². The number of carbonyl (C=O) groups excluding carboxylic acids is 1. The van der Waals surface area contributed by atoms with Gasteiger partial charge in [0, 0.05) is 5.41 Å². The first kappa shape index (κ1) is 19.6. The van der Waals surface area contributed by atoms with Crippen LogP contribution in [-0.2, 0) is 4.79 Å². The third kappa shape index (κ3) is 2.71. The lowest BCUT2D eigenvalue weighted by atomic mass is 9.43.